The zero-order valence-corrected chi connectivity index (χ0v) is 21.1. The van der Waals surface area contributed by atoms with Crippen molar-refractivity contribution in [2.24, 2.45) is 5.41 Å². The molecule has 0 fully saturated rings. The summed E-state index contributed by atoms with van der Waals surface area (Å²) in [5.41, 5.74) is 7.86. The molecule has 34 heavy (non-hydrogen) atoms. The van der Waals surface area contributed by atoms with Crippen LogP contribution in [-0.2, 0) is 4.79 Å². The van der Waals surface area contributed by atoms with Crippen LogP contribution in [0.1, 0.15) is 77.0 Å². The average molecular weight is 455 g/mol. The van der Waals surface area contributed by atoms with Crippen LogP contribution in [0.25, 0.3) is 11.0 Å². The second kappa shape index (κ2) is 6.97. The van der Waals surface area contributed by atoms with Crippen LogP contribution in [0.3, 0.4) is 0 Å². The van der Waals surface area contributed by atoms with Gasteiger partial charge in [0.05, 0.1) is 17.1 Å². The topological polar surface area (TPSA) is 50.2 Å². The second-order valence-electron chi connectivity index (χ2n) is 11.9. The fourth-order valence-electron chi connectivity index (χ4n) is 6.50. The Morgan fingerprint density at radius 2 is 1.82 bits per heavy atom. The van der Waals surface area contributed by atoms with E-state index in [1.165, 1.54) is 16.8 Å². The van der Waals surface area contributed by atoms with Crippen molar-refractivity contribution < 1.29 is 4.79 Å². The van der Waals surface area contributed by atoms with Crippen LogP contribution in [-0.4, -0.2) is 27.9 Å². The van der Waals surface area contributed by atoms with E-state index in [4.69, 9.17) is 4.98 Å². The Balaban J connectivity index is 1.58. The molecule has 176 valence electrons. The van der Waals surface area contributed by atoms with E-state index in [9.17, 15) is 4.79 Å². The summed E-state index contributed by atoms with van der Waals surface area (Å²) in [5.74, 6) is 1.53. The number of rotatable bonds is 1. The van der Waals surface area contributed by atoms with Gasteiger partial charge < -0.3 is 10.2 Å². The molecule has 2 aliphatic heterocycles. The minimum absolute atomic E-state index is 0.0552. The summed E-state index contributed by atoms with van der Waals surface area (Å²) in [6.07, 6.45) is 2.53. The van der Waals surface area contributed by atoms with Crippen LogP contribution >= 0.6 is 0 Å². The minimum atomic E-state index is -0.167. The third kappa shape index (κ3) is 3.05. The summed E-state index contributed by atoms with van der Waals surface area (Å²) >= 11 is 0. The molecule has 5 heteroatoms. The molecule has 0 amide bonds. The van der Waals surface area contributed by atoms with Crippen LogP contribution < -0.4 is 10.2 Å². The van der Waals surface area contributed by atoms with Crippen molar-refractivity contribution in [1.82, 2.24) is 9.55 Å². The van der Waals surface area contributed by atoms with Crippen molar-refractivity contribution in [3.05, 3.63) is 64.9 Å². The molecule has 1 aliphatic carbocycles. The molecule has 1 N–H and O–H groups in total. The molecule has 0 saturated carbocycles. The first-order valence-electron chi connectivity index (χ1n) is 12.4. The van der Waals surface area contributed by atoms with Crippen molar-refractivity contribution in [3.63, 3.8) is 0 Å². The third-order valence-corrected chi connectivity index (χ3v) is 8.28. The number of imidazole rings is 1. The summed E-state index contributed by atoms with van der Waals surface area (Å²) in [6.45, 7) is 11.3. The van der Waals surface area contributed by atoms with Crippen LogP contribution in [0, 0.1) is 5.41 Å². The standard InChI is InChI=1S/C29H34N4O/c1-17-14-29(4,5)32(6)22-12-11-18(13-19(17)22)26-25-21(15-28(2,3)16-24(25)34)31-27-30-20-9-7-8-10-23(20)33(26)27/h7-13,17,26H,14-16H2,1-6H3,(H,30,31). The number of carbonyl (C=O) groups is 1. The SMILES string of the molecule is CC1CC(C)(C)N(C)c2ccc(C3C4=C(CC(C)(C)CC4=O)Nc4nc5ccccc5n43)cc21. The van der Waals surface area contributed by atoms with Crippen LogP contribution in [0.5, 0.6) is 0 Å². The predicted molar refractivity (Wildman–Crippen MR) is 138 cm³/mol. The molecule has 1 aromatic heterocycles. The van der Waals surface area contributed by atoms with E-state index >= 15 is 0 Å². The van der Waals surface area contributed by atoms with Crippen molar-refractivity contribution in [2.45, 2.75) is 71.4 Å². The van der Waals surface area contributed by atoms with E-state index in [0.717, 1.165) is 41.1 Å². The lowest BCUT2D eigenvalue weighted by molar-refractivity contribution is -0.118. The molecule has 3 aromatic rings. The molecule has 0 saturated heterocycles. The molecule has 2 atom stereocenters. The lowest BCUT2D eigenvalue weighted by Crippen LogP contribution is -2.45. The molecule has 3 aliphatic rings. The van der Waals surface area contributed by atoms with E-state index in [0.29, 0.717) is 12.3 Å². The van der Waals surface area contributed by atoms with E-state index in [-0.39, 0.29) is 22.8 Å². The summed E-state index contributed by atoms with van der Waals surface area (Å²) in [5, 5.41) is 3.57. The Labute approximate surface area is 201 Å². The van der Waals surface area contributed by atoms with Crippen LogP contribution in [0.2, 0.25) is 0 Å². The van der Waals surface area contributed by atoms with Gasteiger partial charge in [-0.1, -0.05) is 45.0 Å². The Morgan fingerprint density at radius 1 is 1.06 bits per heavy atom. The number of allylic oxidation sites excluding steroid dienone is 2. The van der Waals surface area contributed by atoms with Gasteiger partial charge in [0.25, 0.3) is 0 Å². The monoisotopic (exact) mass is 454 g/mol. The highest BCUT2D eigenvalue weighted by molar-refractivity contribution is 6.01. The molecule has 5 nitrogen and oxygen atoms in total. The Morgan fingerprint density at radius 3 is 2.62 bits per heavy atom. The summed E-state index contributed by atoms with van der Waals surface area (Å²) in [6, 6.07) is 14.9. The van der Waals surface area contributed by atoms with Gasteiger partial charge >= 0.3 is 0 Å². The fraction of sp³-hybridized carbons (Fsp3) is 0.448. The van der Waals surface area contributed by atoms with Gasteiger partial charge in [-0.15, -0.1) is 0 Å². The van der Waals surface area contributed by atoms with Gasteiger partial charge in [-0.3, -0.25) is 9.36 Å². The third-order valence-electron chi connectivity index (χ3n) is 8.28. The first-order valence-corrected chi connectivity index (χ1v) is 12.4. The summed E-state index contributed by atoms with van der Waals surface area (Å²) < 4.78 is 2.24. The number of ketones is 1. The average Bonchev–Trinajstić information content (AvgIpc) is 3.12. The summed E-state index contributed by atoms with van der Waals surface area (Å²) in [4.78, 5) is 21.0. The zero-order valence-electron chi connectivity index (χ0n) is 21.1. The number of hydrogen-bond donors (Lipinski definition) is 1. The molecule has 2 aromatic carbocycles. The highest BCUT2D eigenvalue weighted by Crippen LogP contribution is 2.49. The first kappa shape index (κ1) is 21.5. The number of anilines is 2. The number of benzene rings is 2. The fourth-order valence-corrected chi connectivity index (χ4v) is 6.50. The number of hydrogen-bond acceptors (Lipinski definition) is 4. The van der Waals surface area contributed by atoms with Crippen molar-refractivity contribution in [3.8, 4) is 0 Å². The lowest BCUT2D eigenvalue weighted by Gasteiger charge is -2.46. The molecule has 0 radical (unpaired) electrons. The number of Topliss-reactive ketones (excluding diaryl/α,β-unsaturated/α-hetero) is 1. The highest BCUT2D eigenvalue weighted by atomic mass is 16.1. The number of nitrogens with zero attached hydrogens (tertiary/aromatic N) is 3. The lowest BCUT2D eigenvalue weighted by atomic mass is 9.72. The van der Waals surface area contributed by atoms with Gasteiger partial charge in [-0.05, 0) is 67.3 Å². The van der Waals surface area contributed by atoms with Crippen molar-refractivity contribution in [1.29, 1.82) is 0 Å². The molecule has 3 heterocycles. The van der Waals surface area contributed by atoms with Crippen molar-refractivity contribution >= 4 is 28.5 Å². The molecular weight excluding hydrogens is 420 g/mol. The largest absolute Gasteiger partial charge is 0.369 e. The highest BCUT2D eigenvalue weighted by Gasteiger charge is 2.42. The quantitative estimate of drug-likeness (QED) is 0.461. The van der Waals surface area contributed by atoms with Gasteiger partial charge in [0.1, 0.15) is 0 Å². The van der Waals surface area contributed by atoms with E-state index in [2.05, 4.69) is 92.8 Å². The predicted octanol–water partition coefficient (Wildman–Crippen LogP) is 6.42. The maximum absolute atomic E-state index is 13.6. The molecule has 0 spiro atoms. The second-order valence-corrected chi connectivity index (χ2v) is 11.9. The van der Waals surface area contributed by atoms with Crippen molar-refractivity contribution in [2.75, 3.05) is 17.3 Å². The van der Waals surface area contributed by atoms with Gasteiger partial charge in [0.15, 0.2) is 5.78 Å². The Kier molecular flexibility index (Phi) is 4.40. The van der Waals surface area contributed by atoms with Crippen LogP contribution in [0.4, 0.5) is 11.6 Å². The molecule has 6 rings (SSSR count). The van der Waals surface area contributed by atoms with E-state index in [1.54, 1.807) is 0 Å². The Hall–Kier alpha value is -3.08. The maximum Gasteiger partial charge on any atom is 0.209 e. The maximum atomic E-state index is 13.6. The van der Waals surface area contributed by atoms with Gasteiger partial charge in [0, 0.05) is 36.0 Å². The number of aromatic nitrogens is 2. The first-order chi connectivity index (χ1) is 16.1. The smallest absolute Gasteiger partial charge is 0.209 e. The summed E-state index contributed by atoms with van der Waals surface area (Å²) in [7, 11) is 2.20. The number of para-hydroxylation sites is 2. The van der Waals surface area contributed by atoms with Gasteiger partial charge in [-0.25, -0.2) is 4.98 Å². The number of fused-ring (bicyclic) bond motifs is 4. The molecule has 0 bridgehead atoms. The Bertz CT molecular complexity index is 1380. The van der Waals surface area contributed by atoms with E-state index < -0.39 is 0 Å². The molecular formula is C29H34N4O. The van der Waals surface area contributed by atoms with Gasteiger partial charge in [0.2, 0.25) is 5.95 Å². The normalized spacial score (nSPS) is 25.0. The minimum Gasteiger partial charge on any atom is -0.369 e. The van der Waals surface area contributed by atoms with E-state index in [1.807, 2.05) is 6.07 Å². The van der Waals surface area contributed by atoms with Gasteiger partial charge in [-0.2, -0.15) is 0 Å². The van der Waals surface area contributed by atoms with Crippen LogP contribution in [0.15, 0.2) is 53.7 Å². The number of carbonyl (C=O) groups excluding carboxylic acids is 1. The zero-order chi connectivity index (χ0) is 24.0. The number of nitrogens with one attached hydrogen (secondary N) is 1. The molecule has 2 unspecified atom stereocenters.